The van der Waals surface area contributed by atoms with Crippen LogP contribution in [0.2, 0.25) is 0 Å². The standard InChI is InChI=1S/C20H34N2O/c1-16(2)23-19-9-7-17(8-10-19)15-21(6)18-11-13-22(14-12-18)20(3,4)5/h7-10,16,18H,11-15H2,1-6H3. The quantitative estimate of drug-likeness (QED) is 0.810. The molecule has 1 fully saturated rings. The Morgan fingerprint density at radius 2 is 1.70 bits per heavy atom. The summed E-state index contributed by atoms with van der Waals surface area (Å²) in [6, 6.07) is 9.26. The minimum absolute atomic E-state index is 0.233. The summed E-state index contributed by atoms with van der Waals surface area (Å²) in [4.78, 5) is 5.12. The number of nitrogens with zero attached hydrogens (tertiary/aromatic N) is 2. The Bertz CT molecular complexity index is 467. The molecule has 23 heavy (non-hydrogen) atoms. The van der Waals surface area contributed by atoms with E-state index in [0.29, 0.717) is 11.6 Å². The van der Waals surface area contributed by atoms with E-state index in [0.717, 1.165) is 12.3 Å². The average molecular weight is 319 g/mol. The molecule has 0 aliphatic carbocycles. The van der Waals surface area contributed by atoms with Gasteiger partial charge in [-0.15, -0.1) is 0 Å². The summed E-state index contributed by atoms with van der Waals surface area (Å²) in [6.45, 7) is 14.5. The minimum Gasteiger partial charge on any atom is -0.491 e. The summed E-state index contributed by atoms with van der Waals surface area (Å²) in [5.41, 5.74) is 1.66. The third-order valence-electron chi connectivity index (χ3n) is 4.76. The fourth-order valence-electron chi connectivity index (χ4n) is 3.34. The van der Waals surface area contributed by atoms with Crippen molar-refractivity contribution in [2.75, 3.05) is 20.1 Å². The molecule has 1 aliphatic rings. The molecule has 130 valence electrons. The van der Waals surface area contributed by atoms with Crippen LogP contribution in [0.4, 0.5) is 0 Å². The predicted molar refractivity (Wildman–Crippen MR) is 98.0 cm³/mol. The number of piperidine rings is 1. The Morgan fingerprint density at radius 1 is 1.13 bits per heavy atom. The van der Waals surface area contributed by atoms with Gasteiger partial charge in [0.1, 0.15) is 5.75 Å². The van der Waals surface area contributed by atoms with Crippen LogP contribution in [-0.2, 0) is 6.54 Å². The maximum Gasteiger partial charge on any atom is 0.119 e. The highest BCUT2D eigenvalue weighted by molar-refractivity contribution is 5.27. The maximum absolute atomic E-state index is 5.71. The van der Waals surface area contributed by atoms with Gasteiger partial charge in [0.05, 0.1) is 6.10 Å². The Hall–Kier alpha value is -1.06. The van der Waals surface area contributed by atoms with E-state index in [2.05, 4.69) is 75.7 Å². The van der Waals surface area contributed by atoms with Gasteiger partial charge in [-0.05, 0) is 72.2 Å². The molecule has 0 atom stereocenters. The SMILES string of the molecule is CC(C)Oc1ccc(CN(C)C2CCN(C(C)(C)C)CC2)cc1. The number of hydrogen-bond donors (Lipinski definition) is 0. The van der Waals surface area contributed by atoms with E-state index in [1.165, 1.54) is 31.5 Å². The Kier molecular flexibility index (Phi) is 6.10. The van der Waals surface area contributed by atoms with Crippen LogP contribution in [0.1, 0.15) is 53.0 Å². The summed E-state index contributed by atoms with van der Waals surface area (Å²) in [6.07, 6.45) is 2.77. The zero-order chi connectivity index (χ0) is 17.0. The van der Waals surface area contributed by atoms with E-state index in [9.17, 15) is 0 Å². The van der Waals surface area contributed by atoms with E-state index in [4.69, 9.17) is 4.74 Å². The number of rotatable bonds is 5. The molecular formula is C20H34N2O. The average Bonchev–Trinajstić information content (AvgIpc) is 2.48. The van der Waals surface area contributed by atoms with E-state index in [1.807, 2.05) is 0 Å². The highest BCUT2D eigenvalue weighted by atomic mass is 16.5. The molecule has 0 aromatic heterocycles. The van der Waals surface area contributed by atoms with Gasteiger partial charge in [0.25, 0.3) is 0 Å². The molecule has 0 amide bonds. The van der Waals surface area contributed by atoms with Gasteiger partial charge < -0.3 is 4.74 Å². The first kappa shape index (κ1) is 18.3. The first-order valence-electron chi connectivity index (χ1n) is 8.96. The fraction of sp³-hybridized carbons (Fsp3) is 0.700. The highest BCUT2D eigenvalue weighted by Crippen LogP contribution is 2.23. The van der Waals surface area contributed by atoms with Gasteiger partial charge in [0.15, 0.2) is 0 Å². The molecule has 0 radical (unpaired) electrons. The monoisotopic (exact) mass is 318 g/mol. The van der Waals surface area contributed by atoms with E-state index >= 15 is 0 Å². The lowest BCUT2D eigenvalue weighted by Gasteiger charge is -2.43. The molecule has 0 bridgehead atoms. The van der Waals surface area contributed by atoms with Crippen LogP contribution in [0.15, 0.2) is 24.3 Å². The van der Waals surface area contributed by atoms with Crippen molar-refractivity contribution in [2.24, 2.45) is 0 Å². The van der Waals surface area contributed by atoms with E-state index in [1.54, 1.807) is 0 Å². The molecule has 0 saturated carbocycles. The van der Waals surface area contributed by atoms with Crippen molar-refractivity contribution in [3.63, 3.8) is 0 Å². The largest absolute Gasteiger partial charge is 0.491 e. The van der Waals surface area contributed by atoms with Gasteiger partial charge in [0.2, 0.25) is 0 Å². The van der Waals surface area contributed by atoms with Crippen molar-refractivity contribution >= 4 is 0 Å². The third kappa shape index (κ3) is 5.50. The molecule has 0 N–H and O–H groups in total. The van der Waals surface area contributed by atoms with Crippen LogP contribution in [-0.4, -0.2) is 47.6 Å². The second kappa shape index (κ2) is 7.67. The van der Waals surface area contributed by atoms with Crippen LogP contribution in [0.25, 0.3) is 0 Å². The number of ether oxygens (including phenoxy) is 1. The Balaban J connectivity index is 1.84. The Morgan fingerprint density at radius 3 is 2.17 bits per heavy atom. The van der Waals surface area contributed by atoms with E-state index in [-0.39, 0.29) is 6.10 Å². The van der Waals surface area contributed by atoms with Gasteiger partial charge in [-0.25, -0.2) is 0 Å². The van der Waals surface area contributed by atoms with Crippen LogP contribution < -0.4 is 4.74 Å². The van der Waals surface area contributed by atoms with Crippen molar-refractivity contribution < 1.29 is 4.74 Å². The summed E-state index contributed by atoms with van der Waals surface area (Å²) in [5.74, 6) is 0.963. The van der Waals surface area contributed by atoms with Crippen LogP contribution in [0.3, 0.4) is 0 Å². The smallest absolute Gasteiger partial charge is 0.119 e. The first-order valence-corrected chi connectivity index (χ1v) is 8.96. The van der Waals surface area contributed by atoms with Crippen LogP contribution >= 0.6 is 0 Å². The zero-order valence-electron chi connectivity index (χ0n) is 15.8. The molecule has 0 spiro atoms. The molecule has 1 saturated heterocycles. The van der Waals surface area contributed by atoms with Crippen LogP contribution in [0, 0.1) is 0 Å². The van der Waals surface area contributed by atoms with Crippen molar-refractivity contribution in [1.29, 1.82) is 0 Å². The van der Waals surface area contributed by atoms with Gasteiger partial charge in [-0.2, -0.15) is 0 Å². The molecule has 2 rings (SSSR count). The fourth-order valence-corrected chi connectivity index (χ4v) is 3.34. The number of likely N-dealkylation sites (tertiary alicyclic amines) is 1. The van der Waals surface area contributed by atoms with E-state index < -0.39 is 0 Å². The highest BCUT2D eigenvalue weighted by Gasteiger charge is 2.28. The third-order valence-corrected chi connectivity index (χ3v) is 4.76. The van der Waals surface area contributed by atoms with Crippen molar-refractivity contribution in [3.05, 3.63) is 29.8 Å². The summed E-state index contributed by atoms with van der Waals surface area (Å²) >= 11 is 0. The second-order valence-electron chi connectivity index (χ2n) is 8.11. The summed E-state index contributed by atoms with van der Waals surface area (Å²) in [5, 5.41) is 0. The van der Waals surface area contributed by atoms with Gasteiger partial charge in [-0.1, -0.05) is 12.1 Å². The molecule has 3 heteroatoms. The molecule has 3 nitrogen and oxygen atoms in total. The second-order valence-corrected chi connectivity index (χ2v) is 8.11. The Labute approximate surface area is 142 Å². The van der Waals surface area contributed by atoms with Gasteiger partial charge in [-0.3, -0.25) is 9.80 Å². The number of hydrogen-bond acceptors (Lipinski definition) is 3. The molecule has 1 aromatic carbocycles. The van der Waals surface area contributed by atoms with Crippen molar-refractivity contribution in [2.45, 2.75) is 71.7 Å². The van der Waals surface area contributed by atoms with Crippen molar-refractivity contribution in [3.8, 4) is 5.75 Å². The number of benzene rings is 1. The molecule has 1 aliphatic heterocycles. The molecular weight excluding hydrogens is 284 g/mol. The summed E-state index contributed by atoms with van der Waals surface area (Å²) < 4.78 is 5.71. The normalized spacial score (nSPS) is 17.9. The molecule has 1 heterocycles. The summed E-state index contributed by atoms with van der Waals surface area (Å²) in [7, 11) is 2.26. The van der Waals surface area contributed by atoms with Crippen molar-refractivity contribution in [1.82, 2.24) is 9.80 Å². The first-order chi connectivity index (χ1) is 10.8. The molecule has 0 unspecified atom stereocenters. The predicted octanol–water partition coefficient (Wildman–Crippen LogP) is 4.17. The lowest BCUT2D eigenvalue weighted by atomic mass is 9.97. The molecule has 1 aromatic rings. The zero-order valence-corrected chi connectivity index (χ0v) is 15.8. The maximum atomic E-state index is 5.71. The topological polar surface area (TPSA) is 15.7 Å². The van der Waals surface area contributed by atoms with Crippen LogP contribution in [0.5, 0.6) is 5.75 Å². The lowest BCUT2D eigenvalue weighted by Crippen LogP contribution is -2.50. The lowest BCUT2D eigenvalue weighted by molar-refractivity contribution is 0.0632. The van der Waals surface area contributed by atoms with Gasteiger partial charge >= 0.3 is 0 Å². The van der Waals surface area contributed by atoms with Gasteiger partial charge in [0, 0.05) is 31.2 Å². The minimum atomic E-state index is 0.233.